The van der Waals surface area contributed by atoms with Gasteiger partial charge in [-0.2, -0.15) is 10.5 Å². The number of hydrogen-bond acceptors (Lipinski definition) is 7. The molecule has 3 aromatic heterocycles. The number of anilines is 2. The standard InChI is InChI=1S/C27H29N7O/c1-6-21(7-2)33-25-19(13-28)10-20(14-32-25)23-12-22(15-31-17(23)3)34-26(35)18-8-9-30-24(11-18)27(4,5)16-29/h8-12,14-15,21H,6-7H2,1-5H3,(H,32,33)(H,34,35). The molecule has 0 spiro atoms. The predicted octanol–water partition coefficient (Wildman–Crippen LogP) is 5.37. The lowest BCUT2D eigenvalue weighted by atomic mass is 9.90. The molecule has 0 atom stereocenters. The molecule has 0 aliphatic carbocycles. The van der Waals surface area contributed by atoms with Crippen molar-refractivity contribution in [2.75, 3.05) is 10.6 Å². The monoisotopic (exact) mass is 467 g/mol. The van der Waals surface area contributed by atoms with Crippen LogP contribution in [0.5, 0.6) is 0 Å². The normalized spacial score (nSPS) is 11.0. The Balaban J connectivity index is 1.89. The van der Waals surface area contributed by atoms with Crippen molar-refractivity contribution < 1.29 is 4.79 Å². The molecule has 0 unspecified atom stereocenters. The maximum Gasteiger partial charge on any atom is 0.255 e. The minimum atomic E-state index is -0.810. The van der Waals surface area contributed by atoms with Crippen molar-refractivity contribution in [3.63, 3.8) is 0 Å². The lowest BCUT2D eigenvalue weighted by Crippen LogP contribution is -2.19. The van der Waals surface area contributed by atoms with Crippen LogP contribution in [0, 0.1) is 29.6 Å². The smallest absolute Gasteiger partial charge is 0.255 e. The van der Waals surface area contributed by atoms with Crippen LogP contribution in [0.4, 0.5) is 11.5 Å². The first-order valence-electron chi connectivity index (χ1n) is 11.5. The average molecular weight is 468 g/mol. The molecule has 3 aromatic rings. The van der Waals surface area contributed by atoms with Crippen molar-refractivity contribution in [3.8, 4) is 23.3 Å². The van der Waals surface area contributed by atoms with Gasteiger partial charge in [-0.25, -0.2) is 4.98 Å². The summed E-state index contributed by atoms with van der Waals surface area (Å²) < 4.78 is 0. The van der Waals surface area contributed by atoms with Crippen LogP contribution in [0.15, 0.2) is 42.9 Å². The fourth-order valence-electron chi connectivity index (χ4n) is 3.57. The van der Waals surface area contributed by atoms with Crippen LogP contribution in [0.3, 0.4) is 0 Å². The first-order valence-corrected chi connectivity index (χ1v) is 11.5. The third-order valence-corrected chi connectivity index (χ3v) is 5.93. The number of hydrogen-bond donors (Lipinski definition) is 2. The lowest BCUT2D eigenvalue weighted by molar-refractivity contribution is 0.102. The number of aryl methyl sites for hydroxylation is 1. The van der Waals surface area contributed by atoms with Crippen LogP contribution >= 0.6 is 0 Å². The summed E-state index contributed by atoms with van der Waals surface area (Å²) in [5.41, 5.74) is 3.31. The van der Waals surface area contributed by atoms with E-state index in [1.54, 1.807) is 44.4 Å². The van der Waals surface area contributed by atoms with Crippen LogP contribution in [-0.2, 0) is 5.41 Å². The van der Waals surface area contributed by atoms with E-state index in [1.165, 1.54) is 6.20 Å². The van der Waals surface area contributed by atoms with Crippen LogP contribution < -0.4 is 10.6 Å². The van der Waals surface area contributed by atoms with Gasteiger partial charge in [-0.3, -0.25) is 14.8 Å². The Kier molecular flexibility index (Phi) is 7.78. The SMILES string of the molecule is CCC(CC)Nc1ncc(-c2cc(NC(=O)c3ccnc(C(C)(C)C#N)c3)cnc2C)cc1C#N. The number of nitrogens with one attached hydrogen (secondary N) is 2. The van der Waals surface area contributed by atoms with Crippen molar-refractivity contribution in [1.82, 2.24) is 15.0 Å². The second kappa shape index (κ2) is 10.8. The fourth-order valence-corrected chi connectivity index (χ4v) is 3.57. The zero-order valence-electron chi connectivity index (χ0n) is 20.7. The third-order valence-electron chi connectivity index (χ3n) is 5.93. The molecule has 0 aliphatic heterocycles. The molecule has 3 heterocycles. The van der Waals surface area contributed by atoms with Gasteiger partial charge >= 0.3 is 0 Å². The third kappa shape index (κ3) is 5.80. The number of carbonyl (C=O) groups excluding carboxylic acids is 1. The number of amides is 1. The molecule has 0 fully saturated rings. The van der Waals surface area contributed by atoms with Gasteiger partial charge in [-0.05, 0) is 57.9 Å². The zero-order valence-corrected chi connectivity index (χ0v) is 20.7. The maximum absolute atomic E-state index is 12.9. The van der Waals surface area contributed by atoms with Crippen LogP contribution in [-0.4, -0.2) is 26.9 Å². The highest BCUT2D eigenvalue weighted by molar-refractivity contribution is 6.04. The molecule has 0 bridgehead atoms. The van der Waals surface area contributed by atoms with Gasteiger partial charge in [0.1, 0.15) is 11.9 Å². The Bertz CT molecular complexity index is 1310. The fraction of sp³-hybridized carbons (Fsp3) is 0.333. The second-order valence-electron chi connectivity index (χ2n) is 8.87. The van der Waals surface area contributed by atoms with E-state index >= 15 is 0 Å². The molecule has 8 nitrogen and oxygen atoms in total. The number of nitrogens with zero attached hydrogens (tertiary/aromatic N) is 5. The Hall–Kier alpha value is -4.30. The molecule has 0 aromatic carbocycles. The summed E-state index contributed by atoms with van der Waals surface area (Å²) in [6, 6.07) is 11.5. The summed E-state index contributed by atoms with van der Waals surface area (Å²) in [5.74, 6) is 0.230. The first-order chi connectivity index (χ1) is 16.7. The maximum atomic E-state index is 12.9. The van der Waals surface area contributed by atoms with E-state index < -0.39 is 5.41 Å². The van der Waals surface area contributed by atoms with Crippen LogP contribution in [0.25, 0.3) is 11.1 Å². The Morgan fingerprint density at radius 1 is 1.09 bits per heavy atom. The quantitative estimate of drug-likeness (QED) is 0.455. The summed E-state index contributed by atoms with van der Waals surface area (Å²) in [4.78, 5) is 26.1. The van der Waals surface area contributed by atoms with Crippen molar-refractivity contribution >= 4 is 17.4 Å². The molecule has 0 radical (unpaired) electrons. The van der Waals surface area contributed by atoms with Crippen molar-refractivity contribution in [3.05, 3.63) is 65.4 Å². The van der Waals surface area contributed by atoms with Crippen molar-refractivity contribution in [2.24, 2.45) is 0 Å². The molecular formula is C27H29N7O. The van der Waals surface area contributed by atoms with E-state index in [4.69, 9.17) is 0 Å². The summed E-state index contributed by atoms with van der Waals surface area (Å²) >= 11 is 0. The Morgan fingerprint density at radius 3 is 2.49 bits per heavy atom. The Morgan fingerprint density at radius 2 is 1.83 bits per heavy atom. The topological polar surface area (TPSA) is 127 Å². The molecule has 8 heteroatoms. The van der Waals surface area contributed by atoms with Crippen molar-refractivity contribution in [2.45, 2.75) is 58.9 Å². The van der Waals surface area contributed by atoms with Gasteiger partial charge in [-0.15, -0.1) is 0 Å². The van der Waals surface area contributed by atoms with E-state index in [1.807, 2.05) is 13.0 Å². The zero-order chi connectivity index (χ0) is 25.6. The first kappa shape index (κ1) is 25.3. The summed E-state index contributed by atoms with van der Waals surface area (Å²) in [5, 5.41) is 25.3. The van der Waals surface area contributed by atoms with Crippen LogP contribution in [0.1, 0.15) is 67.8 Å². The van der Waals surface area contributed by atoms with Crippen molar-refractivity contribution in [1.29, 1.82) is 10.5 Å². The number of pyridine rings is 3. The number of nitriles is 2. The molecular weight excluding hydrogens is 438 g/mol. The molecule has 0 aliphatic rings. The molecule has 3 rings (SSSR count). The molecule has 2 N–H and O–H groups in total. The highest BCUT2D eigenvalue weighted by atomic mass is 16.1. The number of rotatable bonds is 8. The highest BCUT2D eigenvalue weighted by Gasteiger charge is 2.23. The summed E-state index contributed by atoms with van der Waals surface area (Å²) in [6.07, 6.45) is 6.68. The summed E-state index contributed by atoms with van der Waals surface area (Å²) in [6.45, 7) is 9.55. The van der Waals surface area contributed by atoms with Crippen LogP contribution in [0.2, 0.25) is 0 Å². The molecule has 178 valence electrons. The molecule has 1 amide bonds. The van der Waals surface area contributed by atoms with E-state index in [2.05, 4.69) is 51.6 Å². The van der Waals surface area contributed by atoms with Gasteiger partial charge in [0.2, 0.25) is 0 Å². The van der Waals surface area contributed by atoms with Gasteiger partial charge < -0.3 is 10.6 Å². The molecule has 35 heavy (non-hydrogen) atoms. The van der Waals surface area contributed by atoms with Gasteiger partial charge in [0, 0.05) is 40.8 Å². The summed E-state index contributed by atoms with van der Waals surface area (Å²) in [7, 11) is 0. The number of carbonyl (C=O) groups is 1. The van der Waals surface area contributed by atoms with Gasteiger partial charge in [0.05, 0.1) is 34.6 Å². The molecule has 0 saturated heterocycles. The predicted molar refractivity (Wildman–Crippen MR) is 136 cm³/mol. The largest absolute Gasteiger partial charge is 0.366 e. The lowest BCUT2D eigenvalue weighted by Gasteiger charge is -2.17. The van der Waals surface area contributed by atoms with Gasteiger partial charge in [-0.1, -0.05) is 13.8 Å². The average Bonchev–Trinajstić information content (AvgIpc) is 2.88. The van der Waals surface area contributed by atoms with E-state index in [0.29, 0.717) is 28.3 Å². The second-order valence-corrected chi connectivity index (χ2v) is 8.87. The van der Waals surface area contributed by atoms with E-state index in [9.17, 15) is 15.3 Å². The van der Waals surface area contributed by atoms with Gasteiger partial charge in [0.15, 0.2) is 0 Å². The molecule has 0 saturated carbocycles. The minimum Gasteiger partial charge on any atom is -0.366 e. The van der Waals surface area contributed by atoms with E-state index in [0.717, 1.165) is 29.7 Å². The highest BCUT2D eigenvalue weighted by Crippen LogP contribution is 2.28. The number of aromatic nitrogens is 3. The van der Waals surface area contributed by atoms with E-state index in [-0.39, 0.29) is 11.9 Å². The van der Waals surface area contributed by atoms with Gasteiger partial charge in [0.25, 0.3) is 5.91 Å². The minimum absolute atomic E-state index is 0.245. The Labute approximate surface area is 206 Å².